The van der Waals surface area contributed by atoms with Crippen LogP contribution in [0.5, 0.6) is 5.75 Å². The smallest absolute Gasteiger partial charge is 0.408 e. The third kappa shape index (κ3) is 8.47. The van der Waals surface area contributed by atoms with Crippen molar-refractivity contribution in [2.24, 2.45) is 0 Å². The molecule has 3 rings (SSSR count). The molecule has 2 atom stereocenters. The molecule has 3 aromatic carbocycles. The van der Waals surface area contributed by atoms with Gasteiger partial charge in [-0.2, -0.15) is 0 Å². The van der Waals surface area contributed by atoms with E-state index < -0.39 is 35.6 Å². The lowest BCUT2D eigenvalue weighted by molar-refractivity contribution is -0.140. The van der Waals surface area contributed by atoms with Crippen molar-refractivity contribution in [3.05, 3.63) is 94.0 Å². The summed E-state index contributed by atoms with van der Waals surface area (Å²) in [6, 6.07) is 17.2. The first kappa shape index (κ1) is 31.5. The van der Waals surface area contributed by atoms with Crippen LogP contribution in [0.2, 0.25) is 5.02 Å². The largest absolute Gasteiger partial charge is 0.508 e. The van der Waals surface area contributed by atoms with Gasteiger partial charge in [-0.25, -0.2) is 4.79 Å². The van der Waals surface area contributed by atoms with E-state index >= 15 is 0 Å². The Hall–Kier alpha value is -4.04. The van der Waals surface area contributed by atoms with Gasteiger partial charge in [-0.3, -0.25) is 9.59 Å². The molecule has 0 saturated heterocycles. The van der Waals surface area contributed by atoms with E-state index in [1.807, 2.05) is 43.3 Å². The molecule has 3 amide bonds. The van der Waals surface area contributed by atoms with Crippen LogP contribution in [0.3, 0.4) is 0 Å². The molecule has 0 aromatic heterocycles. The first-order valence-electron chi connectivity index (χ1n) is 13.5. The van der Waals surface area contributed by atoms with Gasteiger partial charge in [-0.05, 0) is 82.0 Å². The molecule has 0 saturated carbocycles. The van der Waals surface area contributed by atoms with Gasteiger partial charge < -0.3 is 25.4 Å². The van der Waals surface area contributed by atoms with Gasteiger partial charge in [0.1, 0.15) is 23.4 Å². The third-order valence-electron chi connectivity index (χ3n) is 6.46. The SMILES string of the molecule is CCN(C(=O)C(Cc1ccccc1)NC(=O)OC(C)(C)C)C(C(=O)Nc1c(C)cccc1Cl)c1ccc(O)c(C)c1. The number of likely N-dealkylation sites (N-methyl/N-ethyl adjacent to an activating group) is 1. The number of carbonyl (C=O) groups excluding carboxylic acids is 3. The van der Waals surface area contributed by atoms with Crippen LogP contribution >= 0.6 is 11.6 Å². The van der Waals surface area contributed by atoms with Crippen LogP contribution in [0.25, 0.3) is 0 Å². The van der Waals surface area contributed by atoms with Crippen molar-refractivity contribution in [1.29, 1.82) is 0 Å². The highest BCUT2D eigenvalue weighted by molar-refractivity contribution is 6.34. The highest BCUT2D eigenvalue weighted by atomic mass is 35.5. The summed E-state index contributed by atoms with van der Waals surface area (Å²) < 4.78 is 5.45. The molecule has 2 unspecified atom stereocenters. The third-order valence-corrected chi connectivity index (χ3v) is 6.78. The number of halogens is 1. The second-order valence-electron chi connectivity index (χ2n) is 10.9. The Morgan fingerprint density at radius 2 is 1.66 bits per heavy atom. The normalized spacial score (nSPS) is 12.7. The maximum atomic E-state index is 14.2. The number of aromatic hydroxyl groups is 1. The zero-order valence-corrected chi connectivity index (χ0v) is 25.1. The van der Waals surface area contributed by atoms with E-state index in [4.69, 9.17) is 16.3 Å². The number of phenolic OH excluding ortho intramolecular Hbond substituents is 1. The maximum absolute atomic E-state index is 14.2. The van der Waals surface area contributed by atoms with Gasteiger partial charge in [0.25, 0.3) is 5.91 Å². The number of hydrogen-bond donors (Lipinski definition) is 3. The number of hydrogen-bond acceptors (Lipinski definition) is 5. The van der Waals surface area contributed by atoms with Crippen LogP contribution in [0, 0.1) is 13.8 Å². The number of phenols is 1. The molecule has 3 N–H and O–H groups in total. The molecular weight excluding hydrogens is 542 g/mol. The van der Waals surface area contributed by atoms with Crippen LogP contribution < -0.4 is 10.6 Å². The molecule has 3 aromatic rings. The molecule has 0 fully saturated rings. The van der Waals surface area contributed by atoms with Crippen molar-refractivity contribution >= 4 is 35.2 Å². The average Bonchev–Trinajstić information content (AvgIpc) is 2.90. The topological polar surface area (TPSA) is 108 Å². The Morgan fingerprint density at radius 1 is 0.976 bits per heavy atom. The molecule has 0 heterocycles. The molecule has 0 radical (unpaired) electrons. The van der Waals surface area contributed by atoms with Crippen molar-refractivity contribution in [3.63, 3.8) is 0 Å². The van der Waals surface area contributed by atoms with Crippen molar-refractivity contribution in [3.8, 4) is 5.75 Å². The zero-order valence-electron chi connectivity index (χ0n) is 24.3. The minimum atomic E-state index is -1.10. The predicted octanol–water partition coefficient (Wildman–Crippen LogP) is 6.33. The highest BCUT2D eigenvalue weighted by Crippen LogP contribution is 2.31. The lowest BCUT2D eigenvalue weighted by Gasteiger charge is -2.34. The second-order valence-corrected chi connectivity index (χ2v) is 11.3. The van der Waals surface area contributed by atoms with Crippen LogP contribution in [-0.4, -0.2) is 46.1 Å². The van der Waals surface area contributed by atoms with Gasteiger partial charge >= 0.3 is 6.09 Å². The lowest BCUT2D eigenvalue weighted by Crippen LogP contribution is -2.53. The summed E-state index contributed by atoms with van der Waals surface area (Å²) in [4.78, 5) is 42.4. The number of benzene rings is 3. The number of amides is 3. The van der Waals surface area contributed by atoms with Gasteiger partial charge in [-0.1, -0.05) is 60.1 Å². The number of anilines is 1. The number of nitrogens with zero attached hydrogens (tertiary/aromatic N) is 1. The van der Waals surface area contributed by atoms with E-state index in [0.717, 1.165) is 11.1 Å². The second kappa shape index (κ2) is 13.5. The highest BCUT2D eigenvalue weighted by Gasteiger charge is 2.36. The Balaban J connectivity index is 2.05. The number of ether oxygens (including phenoxy) is 1. The number of rotatable bonds is 9. The summed E-state index contributed by atoms with van der Waals surface area (Å²) in [6.45, 7) is 10.7. The molecule has 0 aliphatic heterocycles. The van der Waals surface area contributed by atoms with Gasteiger partial charge in [0.2, 0.25) is 5.91 Å². The summed E-state index contributed by atoms with van der Waals surface area (Å²) >= 11 is 6.41. The summed E-state index contributed by atoms with van der Waals surface area (Å²) in [7, 11) is 0. The van der Waals surface area contributed by atoms with Gasteiger partial charge in [0.15, 0.2) is 0 Å². The zero-order chi connectivity index (χ0) is 30.3. The molecule has 0 aliphatic rings. The molecule has 0 spiro atoms. The lowest BCUT2D eigenvalue weighted by atomic mass is 9.98. The standard InChI is InChI=1S/C32H38ClN3O5/c1-7-36(30(39)25(19-22-13-9-8-10-14-22)34-31(40)41-32(4,5)6)28(23-16-17-26(37)21(3)18-23)29(38)35-27-20(2)12-11-15-24(27)33/h8-18,25,28,37H,7,19H2,1-6H3,(H,34,40)(H,35,38). The van der Waals surface area contributed by atoms with Crippen LogP contribution in [0.1, 0.15) is 56.0 Å². The molecule has 8 nitrogen and oxygen atoms in total. The fourth-order valence-corrected chi connectivity index (χ4v) is 4.74. The Bertz CT molecular complexity index is 1370. The number of carbonyl (C=O) groups is 3. The van der Waals surface area contributed by atoms with Crippen LogP contribution in [0.4, 0.5) is 10.5 Å². The van der Waals surface area contributed by atoms with E-state index in [2.05, 4.69) is 10.6 Å². The predicted molar refractivity (Wildman–Crippen MR) is 161 cm³/mol. The van der Waals surface area contributed by atoms with Crippen LogP contribution in [0.15, 0.2) is 66.7 Å². The molecule has 41 heavy (non-hydrogen) atoms. The van der Waals surface area contributed by atoms with Gasteiger partial charge in [0.05, 0.1) is 10.7 Å². The van der Waals surface area contributed by atoms with Crippen molar-refractivity contribution < 1.29 is 24.2 Å². The molecule has 0 bridgehead atoms. The van der Waals surface area contributed by atoms with Crippen molar-refractivity contribution in [2.45, 2.75) is 65.6 Å². The number of nitrogens with one attached hydrogen (secondary N) is 2. The quantitative estimate of drug-likeness (QED) is 0.275. The molecular formula is C32H38ClN3O5. The number of alkyl carbamates (subject to hydrolysis) is 1. The fraction of sp³-hybridized carbons (Fsp3) is 0.344. The van der Waals surface area contributed by atoms with Crippen molar-refractivity contribution in [2.75, 3.05) is 11.9 Å². The molecule has 218 valence electrons. The first-order chi connectivity index (χ1) is 19.3. The monoisotopic (exact) mass is 579 g/mol. The Labute approximate surface area is 246 Å². The fourth-order valence-electron chi connectivity index (χ4n) is 4.47. The molecule has 0 aliphatic carbocycles. The molecule has 9 heteroatoms. The van der Waals surface area contributed by atoms with Crippen molar-refractivity contribution in [1.82, 2.24) is 10.2 Å². The first-order valence-corrected chi connectivity index (χ1v) is 13.9. The van der Waals surface area contributed by atoms with E-state index in [1.165, 1.54) is 11.0 Å². The summed E-state index contributed by atoms with van der Waals surface area (Å²) in [5.41, 5.74) is 2.29. The van der Waals surface area contributed by atoms with E-state index in [-0.39, 0.29) is 18.7 Å². The number of aryl methyl sites for hydroxylation is 2. The van der Waals surface area contributed by atoms with E-state index in [1.54, 1.807) is 58.9 Å². The summed E-state index contributed by atoms with van der Waals surface area (Å²) in [5, 5.41) is 16.2. The number of para-hydroxylation sites is 1. The van der Waals surface area contributed by atoms with Gasteiger partial charge in [-0.15, -0.1) is 0 Å². The Kier molecular flexibility index (Phi) is 10.4. The minimum absolute atomic E-state index is 0.0674. The maximum Gasteiger partial charge on any atom is 0.408 e. The minimum Gasteiger partial charge on any atom is -0.508 e. The van der Waals surface area contributed by atoms with Crippen LogP contribution in [-0.2, 0) is 20.7 Å². The summed E-state index contributed by atoms with van der Waals surface area (Å²) in [5.74, 6) is -0.890. The van der Waals surface area contributed by atoms with Gasteiger partial charge in [0, 0.05) is 13.0 Å². The average molecular weight is 580 g/mol. The van der Waals surface area contributed by atoms with E-state index in [0.29, 0.717) is 21.8 Å². The summed E-state index contributed by atoms with van der Waals surface area (Å²) in [6.07, 6.45) is -0.557. The van der Waals surface area contributed by atoms with E-state index in [9.17, 15) is 19.5 Å². The Morgan fingerprint density at radius 3 is 2.24 bits per heavy atom.